The number of carbonyl (C=O) groups excluding carboxylic acids is 1. The Morgan fingerprint density at radius 2 is 1.73 bits per heavy atom. The predicted molar refractivity (Wildman–Crippen MR) is 124 cm³/mol. The Kier molecular flexibility index (Phi) is 7.18. The number of carbonyl (C=O) groups is 1. The molecule has 3 rings (SSSR count). The molecule has 0 radical (unpaired) electrons. The highest BCUT2D eigenvalue weighted by atomic mass is 32.2. The zero-order chi connectivity index (χ0) is 24.0. The first kappa shape index (κ1) is 23.6. The number of rotatable bonds is 7. The molecule has 0 spiro atoms. The highest BCUT2D eigenvalue weighted by Crippen LogP contribution is 2.27. The van der Waals surface area contributed by atoms with Crippen LogP contribution in [-0.4, -0.2) is 45.6 Å². The normalized spacial score (nSPS) is 11.3. The fourth-order valence-corrected chi connectivity index (χ4v) is 3.75. The van der Waals surface area contributed by atoms with Gasteiger partial charge < -0.3 is 9.64 Å². The van der Waals surface area contributed by atoms with Crippen LogP contribution in [0.1, 0.15) is 5.69 Å². The largest absolute Gasteiger partial charge is 0.481 e. The zero-order valence-electron chi connectivity index (χ0n) is 18.5. The number of ether oxygens (including phenoxy) is 1. The third kappa shape index (κ3) is 6.23. The van der Waals surface area contributed by atoms with Crippen molar-refractivity contribution in [3.05, 3.63) is 60.3 Å². The van der Waals surface area contributed by atoms with Gasteiger partial charge in [0.15, 0.2) is 0 Å². The monoisotopic (exact) mass is 469 g/mol. The minimum atomic E-state index is -4.27. The van der Waals surface area contributed by atoms with E-state index in [1.807, 2.05) is 35.9 Å². The summed E-state index contributed by atoms with van der Waals surface area (Å²) < 4.78 is 32.6. The Labute approximate surface area is 191 Å². The smallest absolute Gasteiger partial charge is 0.335 e. The van der Waals surface area contributed by atoms with Crippen LogP contribution < -0.4 is 19.7 Å². The molecule has 2 amide bonds. The Balaban J connectivity index is 1.78. The number of azo groups is 1. The summed E-state index contributed by atoms with van der Waals surface area (Å²) in [6.07, 6.45) is 0. The molecule has 2 aromatic carbocycles. The van der Waals surface area contributed by atoms with E-state index in [0.29, 0.717) is 11.4 Å². The molecule has 0 saturated heterocycles. The molecule has 0 saturated carbocycles. The van der Waals surface area contributed by atoms with E-state index in [4.69, 9.17) is 4.74 Å². The Morgan fingerprint density at radius 3 is 2.39 bits per heavy atom. The van der Waals surface area contributed by atoms with Crippen LogP contribution in [0, 0.1) is 6.92 Å². The van der Waals surface area contributed by atoms with Crippen molar-refractivity contribution in [2.75, 3.05) is 31.4 Å². The minimum absolute atomic E-state index is 0.0722. The minimum Gasteiger partial charge on any atom is -0.481 e. The van der Waals surface area contributed by atoms with E-state index in [1.165, 1.54) is 25.3 Å². The number of anilines is 2. The predicted octanol–water partition coefficient (Wildman–Crippen LogP) is 3.79. The van der Waals surface area contributed by atoms with Crippen LogP contribution in [0.5, 0.6) is 5.88 Å². The summed E-state index contributed by atoms with van der Waals surface area (Å²) in [6.45, 7) is 1.68. The first-order valence-corrected chi connectivity index (χ1v) is 11.2. The third-order valence-corrected chi connectivity index (χ3v) is 5.66. The molecular formula is C21H23N7O4S. The van der Waals surface area contributed by atoms with Gasteiger partial charge in [0.1, 0.15) is 10.6 Å². The van der Waals surface area contributed by atoms with Crippen LogP contribution in [0.3, 0.4) is 0 Å². The van der Waals surface area contributed by atoms with Crippen molar-refractivity contribution < 1.29 is 17.9 Å². The van der Waals surface area contributed by atoms with Crippen LogP contribution in [0.4, 0.5) is 27.8 Å². The van der Waals surface area contributed by atoms with E-state index in [1.54, 1.807) is 31.2 Å². The van der Waals surface area contributed by atoms with E-state index in [-0.39, 0.29) is 22.4 Å². The molecule has 1 heterocycles. The number of nitrogens with zero attached hydrogens (tertiary/aromatic N) is 5. The number of nitrogens with one attached hydrogen (secondary N) is 2. The lowest BCUT2D eigenvalue weighted by Crippen LogP contribution is -2.35. The van der Waals surface area contributed by atoms with Gasteiger partial charge in [0.25, 0.3) is 10.0 Å². The summed E-state index contributed by atoms with van der Waals surface area (Å²) in [5.74, 6) is 0.124. The second-order valence-corrected chi connectivity index (χ2v) is 8.66. The van der Waals surface area contributed by atoms with Crippen molar-refractivity contribution in [2.45, 2.75) is 11.8 Å². The SMILES string of the molecule is COc1cc(C)nc(NC(=O)NS(=O)(=O)c2ccccc2N=Nc2ccc(N(C)C)cc2)n1. The van der Waals surface area contributed by atoms with Crippen LogP contribution >= 0.6 is 0 Å². The molecule has 0 fully saturated rings. The molecule has 3 aromatic rings. The van der Waals surface area contributed by atoms with Crippen LogP contribution in [0.15, 0.2) is 69.7 Å². The first-order valence-electron chi connectivity index (χ1n) is 9.69. The lowest BCUT2D eigenvalue weighted by atomic mass is 10.3. The lowest BCUT2D eigenvalue weighted by Gasteiger charge is -2.11. The van der Waals surface area contributed by atoms with Crippen molar-refractivity contribution in [1.82, 2.24) is 14.7 Å². The van der Waals surface area contributed by atoms with E-state index in [2.05, 4.69) is 25.5 Å². The van der Waals surface area contributed by atoms with Crippen LogP contribution in [0.2, 0.25) is 0 Å². The number of sulfonamides is 1. The summed E-state index contributed by atoms with van der Waals surface area (Å²) in [4.78, 5) is 22.0. The van der Waals surface area contributed by atoms with Crippen LogP contribution in [0.25, 0.3) is 0 Å². The molecule has 11 nitrogen and oxygen atoms in total. The summed E-state index contributed by atoms with van der Waals surface area (Å²) >= 11 is 0. The average Bonchev–Trinajstić information content (AvgIpc) is 2.77. The number of aromatic nitrogens is 2. The summed E-state index contributed by atoms with van der Waals surface area (Å²) in [5.41, 5.74) is 2.14. The highest BCUT2D eigenvalue weighted by Gasteiger charge is 2.22. The second-order valence-electron chi connectivity index (χ2n) is 7.01. The number of hydrogen-bond acceptors (Lipinski definition) is 9. The van der Waals surface area contributed by atoms with Gasteiger partial charge in [-0.2, -0.15) is 10.1 Å². The molecule has 0 atom stereocenters. The molecule has 0 aliphatic carbocycles. The number of hydrogen-bond donors (Lipinski definition) is 2. The van der Waals surface area contributed by atoms with Crippen molar-refractivity contribution >= 4 is 39.1 Å². The molecule has 172 valence electrons. The van der Waals surface area contributed by atoms with Crippen molar-refractivity contribution in [3.8, 4) is 5.88 Å². The molecule has 0 bridgehead atoms. The number of methoxy groups -OCH3 is 1. The Morgan fingerprint density at radius 1 is 1.03 bits per heavy atom. The maximum atomic E-state index is 12.8. The number of aryl methyl sites for hydroxylation is 1. The van der Waals surface area contributed by atoms with Gasteiger partial charge in [-0.05, 0) is 43.3 Å². The van der Waals surface area contributed by atoms with Crippen molar-refractivity contribution in [1.29, 1.82) is 0 Å². The fourth-order valence-electron chi connectivity index (χ4n) is 2.70. The molecule has 1 aromatic heterocycles. The number of urea groups is 1. The maximum absolute atomic E-state index is 12.8. The first-order chi connectivity index (χ1) is 15.7. The van der Waals surface area contributed by atoms with E-state index in [9.17, 15) is 13.2 Å². The number of amides is 2. The van der Waals surface area contributed by atoms with Crippen LogP contribution in [-0.2, 0) is 10.0 Å². The highest BCUT2D eigenvalue weighted by molar-refractivity contribution is 7.90. The standard InChI is InChI=1S/C21H23N7O4S/c1-14-13-19(32-4)23-20(22-14)24-21(29)27-33(30,31)18-8-6-5-7-17(18)26-25-15-9-11-16(12-10-15)28(2)3/h5-13H,1-4H3,(H2,22,23,24,27,29). The molecule has 0 aliphatic heterocycles. The lowest BCUT2D eigenvalue weighted by molar-refractivity contribution is 0.256. The van der Waals surface area contributed by atoms with Crippen molar-refractivity contribution in [2.24, 2.45) is 10.2 Å². The van der Waals surface area contributed by atoms with Gasteiger partial charge in [-0.3, -0.25) is 5.32 Å². The zero-order valence-corrected chi connectivity index (χ0v) is 19.3. The molecular weight excluding hydrogens is 446 g/mol. The van der Waals surface area contributed by atoms with E-state index < -0.39 is 16.1 Å². The summed E-state index contributed by atoms with van der Waals surface area (Å²) in [7, 11) is 0.985. The molecule has 12 heteroatoms. The summed E-state index contributed by atoms with van der Waals surface area (Å²) in [6, 6.07) is 13.7. The van der Waals surface area contributed by atoms with Gasteiger partial charge in [-0.1, -0.05) is 12.1 Å². The average molecular weight is 470 g/mol. The fraction of sp³-hybridized carbons (Fsp3) is 0.190. The molecule has 2 N–H and O–H groups in total. The molecule has 0 aliphatic rings. The maximum Gasteiger partial charge on any atom is 0.335 e. The van der Waals surface area contributed by atoms with E-state index >= 15 is 0 Å². The molecule has 0 unspecified atom stereocenters. The van der Waals surface area contributed by atoms with Crippen molar-refractivity contribution in [3.63, 3.8) is 0 Å². The quantitative estimate of drug-likeness (QED) is 0.502. The van der Waals surface area contributed by atoms with Gasteiger partial charge in [-0.15, -0.1) is 5.11 Å². The van der Waals surface area contributed by atoms with Gasteiger partial charge in [-0.25, -0.2) is 22.9 Å². The molecule has 33 heavy (non-hydrogen) atoms. The van der Waals surface area contributed by atoms with E-state index in [0.717, 1.165) is 5.69 Å². The summed E-state index contributed by atoms with van der Waals surface area (Å²) in [5, 5.41) is 10.5. The van der Waals surface area contributed by atoms with Gasteiger partial charge in [0.05, 0.1) is 12.8 Å². The van der Waals surface area contributed by atoms with Gasteiger partial charge >= 0.3 is 6.03 Å². The Bertz CT molecular complexity index is 1280. The van der Waals surface area contributed by atoms with Gasteiger partial charge in [0.2, 0.25) is 11.8 Å². The van der Waals surface area contributed by atoms with Gasteiger partial charge in [0, 0.05) is 31.5 Å². The second kappa shape index (κ2) is 10.0. The topological polar surface area (TPSA) is 138 Å². The number of benzene rings is 2. The third-order valence-electron chi connectivity index (χ3n) is 4.29. The Hall–Kier alpha value is -4.06.